The first-order valence-corrected chi connectivity index (χ1v) is 5.70. The number of ether oxygens (including phenoxy) is 1. The maximum atomic E-state index is 11.6. The van der Waals surface area contributed by atoms with Crippen LogP contribution in [0.3, 0.4) is 0 Å². The molecule has 88 valence electrons. The number of furan rings is 1. The highest BCUT2D eigenvalue weighted by Gasteiger charge is 2.27. The van der Waals surface area contributed by atoms with Crippen LogP contribution in [0.5, 0.6) is 0 Å². The highest BCUT2D eigenvalue weighted by molar-refractivity contribution is 5.93. The standard InChI is InChI=1S/C12H17NO3/c1-3-15-12(14)11-10(13)8-6-7(2)4-5-9(8)16-11/h7H,3-6,13H2,1-2H3. The number of nitrogens with two attached hydrogens (primary N) is 1. The van der Waals surface area contributed by atoms with E-state index in [1.165, 1.54) is 0 Å². The van der Waals surface area contributed by atoms with Crippen molar-refractivity contribution in [3.63, 3.8) is 0 Å². The fraction of sp³-hybridized carbons (Fsp3) is 0.583. The van der Waals surface area contributed by atoms with Crippen molar-refractivity contribution in [3.8, 4) is 0 Å². The number of aryl methyl sites for hydroxylation is 1. The second-order valence-corrected chi connectivity index (χ2v) is 4.32. The van der Waals surface area contributed by atoms with Crippen LogP contribution in [0.4, 0.5) is 5.69 Å². The van der Waals surface area contributed by atoms with Gasteiger partial charge < -0.3 is 14.9 Å². The number of rotatable bonds is 2. The van der Waals surface area contributed by atoms with E-state index < -0.39 is 5.97 Å². The first-order chi connectivity index (χ1) is 7.63. The predicted molar refractivity (Wildman–Crippen MR) is 60.3 cm³/mol. The summed E-state index contributed by atoms with van der Waals surface area (Å²) in [4.78, 5) is 11.6. The van der Waals surface area contributed by atoms with Crippen molar-refractivity contribution >= 4 is 11.7 Å². The van der Waals surface area contributed by atoms with E-state index in [2.05, 4.69) is 6.92 Å². The molecular formula is C12H17NO3. The number of carbonyl (C=O) groups is 1. The lowest BCUT2D eigenvalue weighted by atomic mass is 9.89. The number of fused-ring (bicyclic) bond motifs is 1. The highest BCUT2D eigenvalue weighted by atomic mass is 16.5. The van der Waals surface area contributed by atoms with Crippen LogP contribution in [-0.2, 0) is 17.6 Å². The van der Waals surface area contributed by atoms with Gasteiger partial charge in [0.1, 0.15) is 5.76 Å². The van der Waals surface area contributed by atoms with E-state index in [1.54, 1.807) is 6.92 Å². The minimum atomic E-state index is -0.456. The van der Waals surface area contributed by atoms with Crippen LogP contribution >= 0.6 is 0 Å². The van der Waals surface area contributed by atoms with E-state index in [9.17, 15) is 4.79 Å². The molecule has 0 saturated heterocycles. The third-order valence-electron chi connectivity index (χ3n) is 3.01. The summed E-state index contributed by atoms with van der Waals surface area (Å²) in [6.45, 7) is 4.28. The van der Waals surface area contributed by atoms with Crippen molar-refractivity contribution in [2.45, 2.75) is 33.1 Å². The van der Waals surface area contributed by atoms with Crippen LogP contribution < -0.4 is 5.73 Å². The molecule has 1 aromatic rings. The molecule has 0 spiro atoms. The van der Waals surface area contributed by atoms with Gasteiger partial charge in [-0.15, -0.1) is 0 Å². The Labute approximate surface area is 94.8 Å². The first kappa shape index (κ1) is 11.0. The van der Waals surface area contributed by atoms with Crippen molar-refractivity contribution < 1.29 is 13.9 Å². The first-order valence-electron chi connectivity index (χ1n) is 5.70. The molecule has 0 fully saturated rings. The van der Waals surface area contributed by atoms with Crippen molar-refractivity contribution in [2.24, 2.45) is 5.92 Å². The van der Waals surface area contributed by atoms with Gasteiger partial charge in [-0.2, -0.15) is 0 Å². The van der Waals surface area contributed by atoms with Crippen LogP contribution in [0.1, 0.15) is 42.1 Å². The van der Waals surface area contributed by atoms with Gasteiger partial charge in [0.2, 0.25) is 5.76 Å². The molecule has 0 aliphatic heterocycles. The van der Waals surface area contributed by atoms with Crippen molar-refractivity contribution in [3.05, 3.63) is 17.1 Å². The Morgan fingerprint density at radius 3 is 3.06 bits per heavy atom. The average Bonchev–Trinajstić information content (AvgIpc) is 2.57. The van der Waals surface area contributed by atoms with Crippen molar-refractivity contribution in [1.29, 1.82) is 0 Å². The maximum absolute atomic E-state index is 11.6. The Hall–Kier alpha value is -1.45. The lowest BCUT2D eigenvalue weighted by Crippen LogP contribution is -2.11. The minimum Gasteiger partial charge on any atom is -0.460 e. The molecule has 0 bridgehead atoms. The summed E-state index contributed by atoms with van der Waals surface area (Å²) in [7, 11) is 0. The molecule has 4 nitrogen and oxygen atoms in total. The SMILES string of the molecule is CCOC(=O)c1oc2c(c1N)CC(C)CC2. The Morgan fingerprint density at radius 1 is 1.62 bits per heavy atom. The number of carbonyl (C=O) groups excluding carboxylic acids is 1. The summed E-state index contributed by atoms with van der Waals surface area (Å²) >= 11 is 0. The lowest BCUT2D eigenvalue weighted by Gasteiger charge is -2.16. The van der Waals surface area contributed by atoms with Gasteiger partial charge >= 0.3 is 5.97 Å². The van der Waals surface area contributed by atoms with Crippen LogP contribution in [0, 0.1) is 5.92 Å². The largest absolute Gasteiger partial charge is 0.460 e. The maximum Gasteiger partial charge on any atom is 0.376 e. The average molecular weight is 223 g/mol. The van der Waals surface area contributed by atoms with Gasteiger partial charge in [-0.1, -0.05) is 6.92 Å². The van der Waals surface area contributed by atoms with E-state index in [-0.39, 0.29) is 5.76 Å². The van der Waals surface area contributed by atoms with E-state index in [0.29, 0.717) is 18.2 Å². The number of anilines is 1. The molecule has 2 rings (SSSR count). The zero-order valence-electron chi connectivity index (χ0n) is 9.71. The third-order valence-corrected chi connectivity index (χ3v) is 3.01. The Bertz CT molecular complexity index is 409. The molecule has 0 radical (unpaired) electrons. The molecule has 4 heteroatoms. The number of hydrogen-bond donors (Lipinski definition) is 1. The number of esters is 1. The van der Waals surface area contributed by atoms with Gasteiger partial charge in [-0.25, -0.2) is 4.79 Å². The van der Waals surface area contributed by atoms with Crippen molar-refractivity contribution in [1.82, 2.24) is 0 Å². The molecule has 1 atom stereocenters. The monoisotopic (exact) mass is 223 g/mol. The Kier molecular flexibility index (Phi) is 2.90. The molecule has 0 amide bonds. The fourth-order valence-electron chi connectivity index (χ4n) is 2.13. The summed E-state index contributed by atoms with van der Waals surface area (Å²) < 4.78 is 10.4. The van der Waals surface area contributed by atoms with E-state index in [1.807, 2.05) is 0 Å². The molecule has 0 saturated carbocycles. The van der Waals surface area contributed by atoms with Gasteiger partial charge in [0.15, 0.2) is 0 Å². The van der Waals surface area contributed by atoms with Crippen molar-refractivity contribution in [2.75, 3.05) is 12.3 Å². The highest BCUT2D eigenvalue weighted by Crippen LogP contribution is 2.34. The molecular weight excluding hydrogens is 206 g/mol. The summed E-state index contributed by atoms with van der Waals surface area (Å²) in [5, 5.41) is 0. The summed E-state index contributed by atoms with van der Waals surface area (Å²) in [6, 6.07) is 0. The topological polar surface area (TPSA) is 65.5 Å². The summed E-state index contributed by atoms with van der Waals surface area (Å²) in [5.74, 6) is 1.18. The van der Waals surface area contributed by atoms with E-state index in [0.717, 1.165) is 30.6 Å². The van der Waals surface area contributed by atoms with Gasteiger partial charge in [0, 0.05) is 12.0 Å². The third kappa shape index (κ3) is 1.79. The number of nitrogen functional groups attached to an aromatic ring is 1. The Balaban J connectivity index is 2.32. The van der Waals surface area contributed by atoms with Gasteiger partial charge in [0.25, 0.3) is 0 Å². The van der Waals surface area contributed by atoms with Gasteiger partial charge in [-0.05, 0) is 25.7 Å². The van der Waals surface area contributed by atoms with Gasteiger partial charge in [-0.3, -0.25) is 0 Å². The zero-order valence-corrected chi connectivity index (χ0v) is 9.71. The molecule has 16 heavy (non-hydrogen) atoms. The quantitative estimate of drug-likeness (QED) is 0.780. The molecule has 1 aliphatic rings. The zero-order chi connectivity index (χ0) is 11.7. The minimum absolute atomic E-state index is 0.181. The summed E-state index contributed by atoms with van der Waals surface area (Å²) in [5.41, 5.74) is 7.40. The number of hydrogen-bond acceptors (Lipinski definition) is 4. The van der Waals surface area contributed by atoms with Crippen LogP contribution in [0.25, 0.3) is 0 Å². The normalized spacial score (nSPS) is 19.2. The van der Waals surface area contributed by atoms with Crippen LogP contribution in [-0.4, -0.2) is 12.6 Å². The molecule has 2 N–H and O–H groups in total. The van der Waals surface area contributed by atoms with Crippen LogP contribution in [0.2, 0.25) is 0 Å². The lowest BCUT2D eigenvalue weighted by molar-refractivity contribution is 0.0489. The second kappa shape index (κ2) is 4.20. The fourth-order valence-corrected chi connectivity index (χ4v) is 2.13. The van der Waals surface area contributed by atoms with Gasteiger partial charge in [0.05, 0.1) is 12.3 Å². The predicted octanol–water partition coefficient (Wildman–Crippen LogP) is 2.16. The van der Waals surface area contributed by atoms with Crippen LogP contribution in [0.15, 0.2) is 4.42 Å². The van der Waals surface area contributed by atoms with E-state index in [4.69, 9.17) is 14.9 Å². The summed E-state index contributed by atoms with van der Waals surface area (Å²) in [6.07, 6.45) is 2.84. The Morgan fingerprint density at radius 2 is 2.38 bits per heavy atom. The molecule has 1 aromatic heterocycles. The molecule has 1 unspecified atom stereocenters. The van der Waals surface area contributed by atoms with E-state index >= 15 is 0 Å². The molecule has 0 aromatic carbocycles. The second-order valence-electron chi connectivity index (χ2n) is 4.32. The molecule has 1 aliphatic carbocycles. The smallest absolute Gasteiger partial charge is 0.376 e. The molecule has 1 heterocycles.